The lowest BCUT2D eigenvalue weighted by Crippen LogP contribution is -1.87. The predicted octanol–water partition coefficient (Wildman–Crippen LogP) is 2.33. The van der Waals surface area contributed by atoms with Crippen LogP contribution in [0.4, 0.5) is 0 Å². The van der Waals surface area contributed by atoms with E-state index in [9.17, 15) is 4.79 Å². The van der Waals surface area contributed by atoms with Crippen molar-refractivity contribution in [3.05, 3.63) is 28.6 Å². The molecule has 13 heavy (non-hydrogen) atoms. The molecule has 2 rings (SSSR count). The first-order valence-corrected chi connectivity index (χ1v) is 4.56. The van der Waals surface area contributed by atoms with E-state index in [2.05, 4.69) is 20.9 Å². The fraction of sp³-hybridized carbons (Fsp3) is 0.111. The molecule has 1 heterocycles. The van der Waals surface area contributed by atoms with Gasteiger partial charge in [-0.15, -0.1) is 0 Å². The summed E-state index contributed by atoms with van der Waals surface area (Å²) >= 11 is 3.36. The number of aromatic nitrogens is 1. The lowest BCUT2D eigenvalue weighted by molar-refractivity contribution is -0.107. The number of carbonyl (C=O) groups excluding carboxylic acids is 1. The minimum atomic E-state index is 0.392. The number of hydrogen-bond acceptors (Lipinski definition) is 3. The van der Waals surface area contributed by atoms with Gasteiger partial charge in [-0.3, -0.25) is 0 Å². The number of oxazole rings is 1. The fourth-order valence-corrected chi connectivity index (χ4v) is 1.65. The molecule has 3 nitrogen and oxygen atoms in total. The SMILES string of the molecule is O=CCc1cc2ncoc2cc1Br. The number of aldehydes is 1. The van der Waals surface area contributed by atoms with Crippen molar-refractivity contribution in [2.75, 3.05) is 0 Å². The van der Waals surface area contributed by atoms with Crippen molar-refractivity contribution in [2.45, 2.75) is 6.42 Å². The lowest BCUT2D eigenvalue weighted by Gasteiger charge is -1.98. The van der Waals surface area contributed by atoms with E-state index in [-0.39, 0.29) is 0 Å². The van der Waals surface area contributed by atoms with E-state index in [1.54, 1.807) is 0 Å². The zero-order valence-corrected chi connectivity index (χ0v) is 8.24. The van der Waals surface area contributed by atoms with Crippen LogP contribution >= 0.6 is 15.9 Å². The van der Waals surface area contributed by atoms with Crippen molar-refractivity contribution in [3.63, 3.8) is 0 Å². The van der Waals surface area contributed by atoms with Crippen LogP contribution in [-0.4, -0.2) is 11.3 Å². The Bertz CT molecular complexity index is 450. The Hall–Kier alpha value is -1.16. The Morgan fingerprint density at radius 3 is 3.15 bits per heavy atom. The van der Waals surface area contributed by atoms with Gasteiger partial charge in [-0.05, 0) is 17.7 Å². The number of halogens is 1. The Labute approximate surface area is 82.9 Å². The van der Waals surface area contributed by atoms with E-state index < -0.39 is 0 Å². The molecule has 0 N–H and O–H groups in total. The molecule has 66 valence electrons. The van der Waals surface area contributed by atoms with Gasteiger partial charge in [-0.1, -0.05) is 15.9 Å². The second-order valence-corrected chi connectivity index (χ2v) is 3.49. The molecular formula is C9H6BrNO2. The van der Waals surface area contributed by atoms with Crippen LogP contribution in [0.25, 0.3) is 11.1 Å². The summed E-state index contributed by atoms with van der Waals surface area (Å²) in [6.07, 6.45) is 2.65. The summed E-state index contributed by atoms with van der Waals surface area (Å²) in [6.45, 7) is 0. The minimum absolute atomic E-state index is 0.392. The molecule has 0 saturated carbocycles. The third kappa shape index (κ3) is 1.49. The molecule has 1 aromatic carbocycles. The third-order valence-electron chi connectivity index (χ3n) is 1.80. The Morgan fingerprint density at radius 1 is 1.54 bits per heavy atom. The quantitative estimate of drug-likeness (QED) is 0.756. The third-order valence-corrected chi connectivity index (χ3v) is 2.54. The largest absolute Gasteiger partial charge is 0.443 e. The number of carbonyl (C=O) groups is 1. The topological polar surface area (TPSA) is 43.1 Å². The molecule has 2 aromatic rings. The summed E-state index contributed by atoms with van der Waals surface area (Å²) in [5.41, 5.74) is 2.43. The summed E-state index contributed by atoms with van der Waals surface area (Å²) in [5.74, 6) is 0. The molecule has 0 unspecified atom stereocenters. The number of rotatable bonds is 2. The van der Waals surface area contributed by atoms with Crippen molar-refractivity contribution in [1.29, 1.82) is 0 Å². The Balaban J connectivity index is 2.62. The van der Waals surface area contributed by atoms with Gasteiger partial charge in [0.25, 0.3) is 0 Å². The molecule has 0 aliphatic heterocycles. The molecule has 1 aromatic heterocycles. The average Bonchev–Trinajstić information content (AvgIpc) is 2.52. The van der Waals surface area contributed by atoms with E-state index in [1.807, 2.05) is 12.1 Å². The highest BCUT2D eigenvalue weighted by molar-refractivity contribution is 9.10. The van der Waals surface area contributed by atoms with Gasteiger partial charge in [-0.2, -0.15) is 0 Å². The molecule has 0 amide bonds. The molecule has 4 heteroatoms. The van der Waals surface area contributed by atoms with E-state index in [0.29, 0.717) is 6.42 Å². The van der Waals surface area contributed by atoms with E-state index >= 15 is 0 Å². The Kier molecular flexibility index (Phi) is 2.14. The van der Waals surface area contributed by atoms with Gasteiger partial charge in [0, 0.05) is 10.9 Å². The maximum absolute atomic E-state index is 10.3. The summed E-state index contributed by atoms with van der Waals surface area (Å²) in [5, 5.41) is 0. The first kappa shape index (κ1) is 8.44. The van der Waals surface area contributed by atoms with Gasteiger partial charge in [0.05, 0.1) is 0 Å². The van der Waals surface area contributed by atoms with Crippen LogP contribution < -0.4 is 0 Å². The molecule has 0 aliphatic carbocycles. The number of nitrogens with zero attached hydrogens (tertiary/aromatic N) is 1. The fourth-order valence-electron chi connectivity index (χ4n) is 1.17. The molecule has 0 atom stereocenters. The molecular weight excluding hydrogens is 234 g/mol. The predicted molar refractivity (Wildman–Crippen MR) is 51.5 cm³/mol. The average molecular weight is 240 g/mol. The van der Waals surface area contributed by atoms with Gasteiger partial charge >= 0.3 is 0 Å². The molecule has 0 spiro atoms. The smallest absolute Gasteiger partial charge is 0.181 e. The second kappa shape index (κ2) is 3.30. The first-order valence-electron chi connectivity index (χ1n) is 3.76. The maximum Gasteiger partial charge on any atom is 0.181 e. The normalized spacial score (nSPS) is 10.5. The van der Waals surface area contributed by atoms with Crippen molar-refractivity contribution in [3.8, 4) is 0 Å². The van der Waals surface area contributed by atoms with Crippen molar-refractivity contribution in [1.82, 2.24) is 4.98 Å². The van der Waals surface area contributed by atoms with Crippen molar-refractivity contribution >= 4 is 33.3 Å². The van der Waals surface area contributed by atoms with Gasteiger partial charge in [0.2, 0.25) is 0 Å². The summed E-state index contributed by atoms with van der Waals surface area (Å²) in [7, 11) is 0. The summed E-state index contributed by atoms with van der Waals surface area (Å²) in [6, 6.07) is 3.67. The molecule has 0 saturated heterocycles. The Morgan fingerprint density at radius 2 is 2.38 bits per heavy atom. The van der Waals surface area contributed by atoms with Crippen LogP contribution in [0.5, 0.6) is 0 Å². The van der Waals surface area contributed by atoms with E-state index in [0.717, 1.165) is 27.4 Å². The molecule has 0 fully saturated rings. The van der Waals surface area contributed by atoms with E-state index in [1.165, 1.54) is 6.39 Å². The van der Waals surface area contributed by atoms with Crippen LogP contribution in [0.15, 0.2) is 27.4 Å². The standard InChI is InChI=1S/C9H6BrNO2/c10-7-4-9-8(11-5-13-9)3-6(7)1-2-12/h2-5H,1H2. The van der Waals surface area contributed by atoms with Crippen LogP contribution in [0.1, 0.15) is 5.56 Å². The lowest BCUT2D eigenvalue weighted by atomic mass is 10.1. The van der Waals surface area contributed by atoms with Gasteiger partial charge in [0.1, 0.15) is 11.8 Å². The minimum Gasteiger partial charge on any atom is -0.443 e. The van der Waals surface area contributed by atoms with Gasteiger partial charge < -0.3 is 9.21 Å². The van der Waals surface area contributed by atoms with Crippen LogP contribution in [0, 0.1) is 0 Å². The zero-order chi connectivity index (χ0) is 9.26. The van der Waals surface area contributed by atoms with Gasteiger partial charge in [0.15, 0.2) is 12.0 Å². The highest BCUT2D eigenvalue weighted by Crippen LogP contribution is 2.23. The number of fused-ring (bicyclic) bond motifs is 1. The summed E-state index contributed by atoms with van der Waals surface area (Å²) in [4.78, 5) is 14.3. The summed E-state index contributed by atoms with van der Waals surface area (Å²) < 4.78 is 5.98. The second-order valence-electron chi connectivity index (χ2n) is 2.63. The molecule has 0 aliphatic rings. The van der Waals surface area contributed by atoms with Gasteiger partial charge in [-0.25, -0.2) is 4.98 Å². The van der Waals surface area contributed by atoms with Crippen LogP contribution in [-0.2, 0) is 11.2 Å². The van der Waals surface area contributed by atoms with Crippen LogP contribution in [0.2, 0.25) is 0 Å². The highest BCUT2D eigenvalue weighted by Gasteiger charge is 2.04. The van der Waals surface area contributed by atoms with E-state index in [4.69, 9.17) is 4.42 Å². The highest BCUT2D eigenvalue weighted by atomic mass is 79.9. The molecule has 0 bridgehead atoms. The monoisotopic (exact) mass is 239 g/mol. The number of benzene rings is 1. The zero-order valence-electron chi connectivity index (χ0n) is 6.66. The van der Waals surface area contributed by atoms with Crippen molar-refractivity contribution in [2.24, 2.45) is 0 Å². The molecule has 0 radical (unpaired) electrons. The maximum atomic E-state index is 10.3. The van der Waals surface area contributed by atoms with Crippen molar-refractivity contribution < 1.29 is 9.21 Å². The van der Waals surface area contributed by atoms with Crippen LogP contribution in [0.3, 0.4) is 0 Å². The number of hydrogen-bond donors (Lipinski definition) is 0. The first-order chi connectivity index (χ1) is 6.31.